The summed E-state index contributed by atoms with van der Waals surface area (Å²) in [5, 5.41) is 3.66. The first-order chi connectivity index (χ1) is 6.66. The summed E-state index contributed by atoms with van der Waals surface area (Å²) < 4.78 is 0. The summed E-state index contributed by atoms with van der Waals surface area (Å²) in [5.41, 5.74) is 0. The van der Waals surface area contributed by atoms with Crippen LogP contribution in [0.5, 0.6) is 0 Å². The molecule has 2 nitrogen and oxygen atoms in total. The Morgan fingerprint density at radius 2 is 1.71 bits per heavy atom. The molecular formula is C12H24N2. The van der Waals surface area contributed by atoms with Gasteiger partial charge in [0, 0.05) is 18.1 Å². The molecule has 2 heteroatoms. The zero-order chi connectivity index (χ0) is 10.1. The monoisotopic (exact) mass is 196 g/mol. The van der Waals surface area contributed by atoms with Gasteiger partial charge in [-0.3, -0.25) is 0 Å². The van der Waals surface area contributed by atoms with E-state index in [4.69, 9.17) is 0 Å². The lowest BCUT2D eigenvalue weighted by Gasteiger charge is -2.40. The third-order valence-electron chi connectivity index (χ3n) is 4.01. The molecule has 1 heterocycles. The van der Waals surface area contributed by atoms with Crippen LogP contribution in [-0.4, -0.2) is 36.6 Å². The average molecular weight is 196 g/mol. The van der Waals surface area contributed by atoms with Gasteiger partial charge in [0.15, 0.2) is 0 Å². The number of piperidine rings is 1. The molecule has 0 aromatic heterocycles. The van der Waals surface area contributed by atoms with Crippen molar-refractivity contribution in [1.82, 2.24) is 10.2 Å². The molecule has 0 radical (unpaired) electrons. The largest absolute Gasteiger partial charge is 0.314 e. The standard InChI is InChI=1S/C12H24N2/c1-9-6-11(7-10(2)14(9)3)8-13-12-4-5-12/h9-13H,4-8H2,1-3H3. The smallest absolute Gasteiger partial charge is 0.00698 e. The second-order valence-electron chi connectivity index (χ2n) is 5.38. The van der Waals surface area contributed by atoms with Crippen LogP contribution in [0.2, 0.25) is 0 Å². The first-order valence-corrected chi connectivity index (χ1v) is 6.12. The van der Waals surface area contributed by atoms with Crippen LogP contribution in [-0.2, 0) is 0 Å². The number of nitrogens with zero attached hydrogens (tertiary/aromatic N) is 1. The first-order valence-electron chi connectivity index (χ1n) is 6.12. The Balaban J connectivity index is 1.75. The van der Waals surface area contributed by atoms with Crippen LogP contribution in [0.15, 0.2) is 0 Å². The predicted molar refractivity (Wildman–Crippen MR) is 60.4 cm³/mol. The van der Waals surface area contributed by atoms with E-state index in [1.54, 1.807) is 0 Å². The van der Waals surface area contributed by atoms with E-state index >= 15 is 0 Å². The number of nitrogens with one attached hydrogen (secondary N) is 1. The Bertz CT molecular complexity index is 177. The van der Waals surface area contributed by atoms with Crippen molar-refractivity contribution in [3.8, 4) is 0 Å². The van der Waals surface area contributed by atoms with E-state index in [0.29, 0.717) is 0 Å². The maximum Gasteiger partial charge on any atom is 0.00698 e. The van der Waals surface area contributed by atoms with E-state index < -0.39 is 0 Å². The van der Waals surface area contributed by atoms with Gasteiger partial charge in [-0.05, 0) is 59.0 Å². The molecule has 2 atom stereocenters. The fourth-order valence-electron chi connectivity index (χ4n) is 2.62. The van der Waals surface area contributed by atoms with E-state index in [-0.39, 0.29) is 0 Å². The maximum atomic E-state index is 3.66. The minimum atomic E-state index is 0.768. The predicted octanol–water partition coefficient (Wildman–Crippen LogP) is 1.86. The molecule has 0 amide bonds. The van der Waals surface area contributed by atoms with E-state index in [1.165, 1.54) is 32.2 Å². The van der Waals surface area contributed by atoms with Crippen molar-refractivity contribution in [3.63, 3.8) is 0 Å². The van der Waals surface area contributed by atoms with Crippen LogP contribution in [0, 0.1) is 5.92 Å². The SMILES string of the molecule is CC1CC(CNC2CC2)CC(C)N1C. The molecule has 0 aromatic rings. The third-order valence-corrected chi connectivity index (χ3v) is 4.01. The van der Waals surface area contributed by atoms with Gasteiger partial charge in [-0.25, -0.2) is 0 Å². The van der Waals surface area contributed by atoms with Gasteiger partial charge in [0.1, 0.15) is 0 Å². The van der Waals surface area contributed by atoms with Crippen LogP contribution in [0.25, 0.3) is 0 Å². The highest BCUT2D eigenvalue weighted by Crippen LogP contribution is 2.27. The van der Waals surface area contributed by atoms with E-state index in [9.17, 15) is 0 Å². The van der Waals surface area contributed by atoms with Crippen LogP contribution < -0.4 is 5.32 Å². The van der Waals surface area contributed by atoms with Gasteiger partial charge in [0.05, 0.1) is 0 Å². The topological polar surface area (TPSA) is 15.3 Å². The molecule has 2 unspecified atom stereocenters. The molecule has 0 spiro atoms. The molecule has 14 heavy (non-hydrogen) atoms. The maximum absolute atomic E-state index is 3.66. The number of rotatable bonds is 3. The van der Waals surface area contributed by atoms with Gasteiger partial charge >= 0.3 is 0 Å². The van der Waals surface area contributed by atoms with Crippen LogP contribution in [0.3, 0.4) is 0 Å². The summed E-state index contributed by atoms with van der Waals surface area (Å²) in [5.74, 6) is 0.914. The molecule has 2 fully saturated rings. The molecular weight excluding hydrogens is 172 g/mol. The molecule has 0 bridgehead atoms. The Labute approximate surface area is 88.1 Å². The number of hydrogen-bond acceptors (Lipinski definition) is 2. The Morgan fingerprint density at radius 3 is 2.21 bits per heavy atom. The minimum absolute atomic E-state index is 0.768. The van der Waals surface area contributed by atoms with Crippen LogP contribution >= 0.6 is 0 Å². The lowest BCUT2D eigenvalue weighted by atomic mass is 9.87. The Hall–Kier alpha value is -0.0800. The van der Waals surface area contributed by atoms with Crippen LogP contribution in [0.4, 0.5) is 0 Å². The van der Waals surface area contributed by atoms with Crippen molar-refractivity contribution in [2.45, 2.75) is 57.7 Å². The normalized spacial score (nSPS) is 40.1. The van der Waals surface area contributed by atoms with Gasteiger partial charge in [0.2, 0.25) is 0 Å². The third kappa shape index (κ3) is 2.48. The van der Waals surface area contributed by atoms with Crippen molar-refractivity contribution in [1.29, 1.82) is 0 Å². The van der Waals surface area contributed by atoms with Gasteiger partial charge in [-0.15, -0.1) is 0 Å². The van der Waals surface area contributed by atoms with E-state index in [1.807, 2.05) is 0 Å². The summed E-state index contributed by atoms with van der Waals surface area (Å²) in [6, 6.07) is 2.41. The lowest BCUT2D eigenvalue weighted by Crippen LogP contribution is -2.46. The van der Waals surface area contributed by atoms with Gasteiger partial charge in [-0.2, -0.15) is 0 Å². The molecule has 1 aliphatic heterocycles. The molecule has 1 saturated heterocycles. The van der Waals surface area contributed by atoms with Crippen LogP contribution in [0.1, 0.15) is 39.5 Å². The zero-order valence-electron chi connectivity index (χ0n) is 9.79. The molecule has 2 aliphatic rings. The molecule has 1 saturated carbocycles. The Kier molecular flexibility index (Phi) is 3.13. The highest BCUT2D eigenvalue weighted by Gasteiger charge is 2.29. The fourth-order valence-corrected chi connectivity index (χ4v) is 2.62. The summed E-state index contributed by atoms with van der Waals surface area (Å²) in [4.78, 5) is 2.52. The van der Waals surface area contributed by atoms with E-state index in [0.717, 1.165) is 24.0 Å². The van der Waals surface area contributed by atoms with Crippen molar-refractivity contribution in [2.24, 2.45) is 5.92 Å². The summed E-state index contributed by atoms with van der Waals surface area (Å²) in [6.07, 6.45) is 5.58. The second kappa shape index (κ2) is 4.19. The summed E-state index contributed by atoms with van der Waals surface area (Å²) in [6.45, 7) is 5.98. The summed E-state index contributed by atoms with van der Waals surface area (Å²) >= 11 is 0. The highest BCUT2D eigenvalue weighted by molar-refractivity contribution is 4.86. The first kappa shape index (κ1) is 10.4. The minimum Gasteiger partial charge on any atom is -0.314 e. The van der Waals surface area contributed by atoms with Gasteiger partial charge < -0.3 is 10.2 Å². The van der Waals surface area contributed by atoms with Crippen molar-refractivity contribution in [3.05, 3.63) is 0 Å². The van der Waals surface area contributed by atoms with Crippen molar-refractivity contribution >= 4 is 0 Å². The molecule has 0 aromatic carbocycles. The zero-order valence-corrected chi connectivity index (χ0v) is 9.79. The molecule has 1 N–H and O–H groups in total. The van der Waals surface area contributed by atoms with E-state index in [2.05, 4.69) is 31.1 Å². The lowest BCUT2D eigenvalue weighted by molar-refractivity contribution is 0.0973. The number of likely N-dealkylation sites (tertiary alicyclic amines) is 1. The average Bonchev–Trinajstić information content (AvgIpc) is 2.94. The molecule has 82 valence electrons. The van der Waals surface area contributed by atoms with Gasteiger partial charge in [-0.1, -0.05) is 0 Å². The van der Waals surface area contributed by atoms with Gasteiger partial charge in [0.25, 0.3) is 0 Å². The summed E-state index contributed by atoms with van der Waals surface area (Å²) in [7, 11) is 2.26. The highest BCUT2D eigenvalue weighted by atomic mass is 15.2. The number of hydrogen-bond donors (Lipinski definition) is 1. The van der Waals surface area contributed by atoms with Crippen molar-refractivity contribution in [2.75, 3.05) is 13.6 Å². The fraction of sp³-hybridized carbons (Fsp3) is 1.00. The molecule has 1 aliphatic carbocycles. The second-order valence-corrected chi connectivity index (χ2v) is 5.38. The Morgan fingerprint density at radius 1 is 1.14 bits per heavy atom. The van der Waals surface area contributed by atoms with Crippen molar-refractivity contribution < 1.29 is 0 Å². The quantitative estimate of drug-likeness (QED) is 0.741. The molecule has 2 rings (SSSR count).